The average molecular weight is 265 g/mol. The molecule has 19 heavy (non-hydrogen) atoms. The number of hydrogen-bond donors (Lipinski definition) is 2. The maximum absolute atomic E-state index is 10.5. The van der Waals surface area contributed by atoms with Gasteiger partial charge in [0.1, 0.15) is 11.8 Å². The van der Waals surface area contributed by atoms with E-state index in [-0.39, 0.29) is 5.41 Å². The van der Waals surface area contributed by atoms with Gasteiger partial charge in [0.25, 0.3) is 0 Å². The maximum Gasteiger partial charge on any atom is 0.320 e. The maximum atomic E-state index is 10.5. The summed E-state index contributed by atoms with van der Waals surface area (Å²) in [6.45, 7) is 6.88. The minimum absolute atomic E-state index is 0.157. The third-order valence-corrected chi connectivity index (χ3v) is 3.53. The van der Waals surface area contributed by atoms with E-state index >= 15 is 0 Å². The molecular formula is C15H23NO3. The molecule has 0 aliphatic heterocycles. The van der Waals surface area contributed by atoms with E-state index in [2.05, 4.69) is 32.9 Å². The molecule has 1 aromatic rings. The van der Waals surface area contributed by atoms with Crippen molar-refractivity contribution in [2.75, 3.05) is 6.61 Å². The fraction of sp³-hybridized carbons (Fsp3) is 0.533. The first-order valence-electron chi connectivity index (χ1n) is 6.58. The van der Waals surface area contributed by atoms with Gasteiger partial charge in [-0.1, -0.05) is 32.9 Å². The molecule has 0 radical (unpaired) electrons. The van der Waals surface area contributed by atoms with Gasteiger partial charge in [-0.25, -0.2) is 0 Å². The summed E-state index contributed by atoms with van der Waals surface area (Å²) < 4.78 is 5.48. The molecule has 1 atom stereocenters. The van der Waals surface area contributed by atoms with Gasteiger partial charge < -0.3 is 15.6 Å². The first-order valence-corrected chi connectivity index (χ1v) is 6.58. The van der Waals surface area contributed by atoms with Crippen LogP contribution in [0.25, 0.3) is 0 Å². The van der Waals surface area contributed by atoms with Crippen molar-refractivity contribution in [3.8, 4) is 5.75 Å². The van der Waals surface area contributed by atoms with Crippen LogP contribution in [0.3, 0.4) is 0 Å². The van der Waals surface area contributed by atoms with Crippen LogP contribution in [0.1, 0.15) is 39.2 Å². The van der Waals surface area contributed by atoms with Crippen molar-refractivity contribution < 1.29 is 14.6 Å². The van der Waals surface area contributed by atoms with Crippen LogP contribution in [-0.4, -0.2) is 23.7 Å². The Morgan fingerprint density at radius 1 is 1.37 bits per heavy atom. The molecule has 0 spiro atoms. The van der Waals surface area contributed by atoms with Gasteiger partial charge in [0, 0.05) is 6.42 Å². The van der Waals surface area contributed by atoms with E-state index in [0.717, 1.165) is 12.2 Å². The van der Waals surface area contributed by atoms with Crippen LogP contribution in [0.5, 0.6) is 5.75 Å². The molecule has 0 bridgehead atoms. The number of benzene rings is 1. The Morgan fingerprint density at radius 2 is 1.95 bits per heavy atom. The molecule has 0 aliphatic carbocycles. The summed E-state index contributed by atoms with van der Waals surface area (Å²) in [6, 6.07) is 7.07. The Labute approximate surface area is 114 Å². The lowest BCUT2D eigenvalue weighted by molar-refractivity contribution is -0.138. The molecule has 4 nitrogen and oxygen atoms in total. The minimum atomic E-state index is -0.997. The van der Waals surface area contributed by atoms with Crippen molar-refractivity contribution in [1.29, 1.82) is 0 Å². The normalized spacial score (nSPS) is 13.1. The molecular weight excluding hydrogens is 242 g/mol. The highest BCUT2D eigenvalue weighted by atomic mass is 16.5. The van der Waals surface area contributed by atoms with E-state index in [0.29, 0.717) is 13.0 Å². The number of nitrogens with two attached hydrogens (primary N) is 1. The predicted octanol–water partition coefficient (Wildman–Crippen LogP) is 2.56. The van der Waals surface area contributed by atoms with Crippen LogP contribution in [-0.2, 0) is 10.2 Å². The van der Waals surface area contributed by atoms with Crippen molar-refractivity contribution in [3.63, 3.8) is 0 Å². The monoisotopic (exact) mass is 265 g/mol. The number of rotatable bonds is 7. The van der Waals surface area contributed by atoms with Gasteiger partial charge in [-0.15, -0.1) is 0 Å². The van der Waals surface area contributed by atoms with Crippen LogP contribution in [0, 0.1) is 0 Å². The Bertz CT molecular complexity index is 412. The molecule has 106 valence electrons. The number of aliphatic carboxylic acids is 1. The smallest absolute Gasteiger partial charge is 0.320 e. The van der Waals surface area contributed by atoms with Crippen LogP contribution < -0.4 is 10.5 Å². The van der Waals surface area contributed by atoms with Crippen molar-refractivity contribution in [1.82, 2.24) is 0 Å². The Balaban J connectivity index is 2.51. The molecule has 3 N–H and O–H groups in total. The first-order chi connectivity index (χ1) is 8.86. The summed E-state index contributed by atoms with van der Waals surface area (Å²) >= 11 is 0. The Morgan fingerprint density at radius 3 is 2.42 bits per heavy atom. The molecule has 0 aromatic heterocycles. The molecule has 0 saturated carbocycles. The minimum Gasteiger partial charge on any atom is -0.494 e. The second-order valence-corrected chi connectivity index (χ2v) is 5.34. The fourth-order valence-electron chi connectivity index (χ4n) is 1.63. The van der Waals surface area contributed by atoms with E-state index in [4.69, 9.17) is 15.6 Å². The molecule has 0 saturated heterocycles. The summed E-state index contributed by atoms with van der Waals surface area (Å²) in [4.78, 5) is 10.5. The summed E-state index contributed by atoms with van der Waals surface area (Å²) in [5, 5.41) is 8.65. The van der Waals surface area contributed by atoms with Gasteiger partial charge in [0.05, 0.1) is 6.61 Å². The number of carboxylic acids is 1. The van der Waals surface area contributed by atoms with Gasteiger partial charge >= 0.3 is 5.97 Å². The average Bonchev–Trinajstić information content (AvgIpc) is 2.39. The number of carbonyl (C=O) groups is 1. The lowest BCUT2D eigenvalue weighted by atomic mass is 9.82. The second kappa shape index (κ2) is 6.57. The molecule has 1 aromatic carbocycles. The van der Waals surface area contributed by atoms with Crippen molar-refractivity contribution >= 4 is 5.97 Å². The number of ether oxygens (including phenoxy) is 1. The zero-order chi connectivity index (χ0) is 14.5. The Hall–Kier alpha value is -1.55. The quantitative estimate of drug-likeness (QED) is 0.794. The first kappa shape index (κ1) is 15.5. The van der Waals surface area contributed by atoms with Crippen molar-refractivity contribution in [2.45, 2.75) is 45.1 Å². The Kier molecular flexibility index (Phi) is 5.36. The van der Waals surface area contributed by atoms with Gasteiger partial charge in [-0.05, 0) is 29.5 Å². The summed E-state index contributed by atoms with van der Waals surface area (Å²) in [7, 11) is 0. The predicted molar refractivity (Wildman–Crippen MR) is 75.5 cm³/mol. The van der Waals surface area contributed by atoms with Gasteiger partial charge in [0.2, 0.25) is 0 Å². The topological polar surface area (TPSA) is 72.5 Å². The third kappa shape index (κ3) is 4.56. The summed E-state index contributed by atoms with van der Waals surface area (Å²) in [5.41, 5.74) is 6.83. The molecule has 1 rings (SSSR count). The fourth-order valence-corrected chi connectivity index (χ4v) is 1.63. The van der Waals surface area contributed by atoms with Crippen LogP contribution >= 0.6 is 0 Å². The molecule has 4 heteroatoms. The highest BCUT2D eigenvalue weighted by Crippen LogP contribution is 2.28. The molecule has 0 amide bonds. The standard InChI is InChI=1S/C15H23NO3/c1-4-15(2,3)11-5-7-12(8-6-11)19-10-9-13(16)14(17)18/h5-8,13H,4,9-10,16H2,1-3H3,(H,17,18). The molecule has 0 aliphatic rings. The van der Waals surface area contributed by atoms with E-state index in [1.807, 2.05) is 12.1 Å². The zero-order valence-electron chi connectivity index (χ0n) is 11.8. The van der Waals surface area contributed by atoms with Gasteiger partial charge in [-0.3, -0.25) is 4.79 Å². The van der Waals surface area contributed by atoms with Gasteiger partial charge in [-0.2, -0.15) is 0 Å². The largest absolute Gasteiger partial charge is 0.494 e. The van der Waals surface area contributed by atoms with Crippen molar-refractivity contribution in [3.05, 3.63) is 29.8 Å². The number of carboxylic acid groups (broad SMARTS) is 1. The number of hydrogen-bond acceptors (Lipinski definition) is 3. The van der Waals surface area contributed by atoms with Crippen LogP contribution in [0.2, 0.25) is 0 Å². The summed E-state index contributed by atoms with van der Waals surface area (Å²) in [5.74, 6) is -0.253. The van der Waals surface area contributed by atoms with E-state index in [9.17, 15) is 4.79 Å². The van der Waals surface area contributed by atoms with E-state index in [1.165, 1.54) is 5.56 Å². The lowest BCUT2D eigenvalue weighted by Crippen LogP contribution is -2.31. The van der Waals surface area contributed by atoms with Gasteiger partial charge in [0.15, 0.2) is 0 Å². The van der Waals surface area contributed by atoms with E-state index < -0.39 is 12.0 Å². The molecule has 1 unspecified atom stereocenters. The molecule has 0 heterocycles. The highest BCUT2D eigenvalue weighted by molar-refractivity contribution is 5.72. The van der Waals surface area contributed by atoms with Crippen LogP contribution in [0.15, 0.2) is 24.3 Å². The lowest BCUT2D eigenvalue weighted by Gasteiger charge is -2.23. The molecule has 0 fully saturated rings. The SMILES string of the molecule is CCC(C)(C)c1ccc(OCCC(N)C(=O)O)cc1. The van der Waals surface area contributed by atoms with Crippen molar-refractivity contribution in [2.24, 2.45) is 5.73 Å². The zero-order valence-corrected chi connectivity index (χ0v) is 11.8. The summed E-state index contributed by atoms with van der Waals surface area (Å²) in [6.07, 6.45) is 1.37. The third-order valence-electron chi connectivity index (χ3n) is 3.53. The second-order valence-electron chi connectivity index (χ2n) is 5.34. The highest BCUT2D eigenvalue weighted by Gasteiger charge is 2.17. The van der Waals surface area contributed by atoms with Crippen LogP contribution in [0.4, 0.5) is 0 Å². The van der Waals surface area contributed by atoms with E-state index in [1.54, 1.807) is 0 Å².